The number of carbonyl (C=O) groups is 1. The first-order valence-electron chi connectivity index (χ1n) is 6.19. The monoisotopic (exact) mass is 257 g/mol. The van der Waals surface area contributed by atoms with Crippen molar-refractivity contribution in [1.82, 2.24) is 4.98 Å². The fourth-order valence-corrected chi connectivity index (χ4v) is 2.49. The number of hydrogen-bond donors (Lipinski definition) is 1. The second kappa shape index (κ2) is 4.12. The highest BCUT2D eigenvalue weighted by atomic mass is 16.4. The predicted octanol–water partition coefficient (Wildman–Crippen LogP) is 2.14. The van der Waals surface area contributed by atoms with Gasteiger partial charge in [-0.3, -0.25) is 4.79 Å². The van der Waals surface area contributed by atoms with Gasteiger partial charge in [0.05, 0.1) is 0 Å². The molecule has 0 radical (unpaired) electrons. The largest absolute Gasteiger partial charge is 0.429 e. The molecule has 1 aliphatic heterocycles. The minimum Gasteiger partial charge on any atom is -0.429 e. The first kappa shape index (κ1) is 11.8. The number of fused-ring (bicyclic) bond motifs is 1. The fraction of sp³-hybridized carbons (Fsp3) is 0.286. The zero-order valence-electron chi connectivity index (χ0n) is 10.9. The summed E-state index contributed by atoms with van der Waals surface area (Å²) in [7, 11) is 1.80. The van der Waals surface area contributed by atoms with E-state index in [1.165, 1.54) is 0 Å². The summed E-state index contributed by atoms with van der Waals surface area (Å²) in [6.45, 7) is 1.84. The molecule has 2 heterocycles. The molecule has 1 aromatic heterocycles. The molecule has 0 fully saturated rings. The van der Waals surface area contributed by atoms with Crippen LogP contribution in [0.5, 0.6) is 0 Å². The van der Waals surface area contributed by atoms with E-state index in [1.807, 2.05) is 19.1 Å². The van der Waals surface area contributed by atoms with Gasteiger partial charge < -0.3 is 15.1 Å². The Hall–Kier alpha value is -2.30. The van der Waals surface area contributed by atoms with Crippen molar-refractivity contribution in [3.05, 3.63) is 29.5 Å². The van der Waals surface area contributed by atoms with E-state index < -0.39 is 0 Å². The highest BCUT2D eigenvalue weighted by Gasteiger charge is 2.21. The second-order valence-corrected chi connectivity index (χ2v) is 4.75. The number of aromatic nitrogens is 1. The zero-order chi connectivity index (χ0) is 13.6. The quantitative estimate of drug-likeness (QED) is 0.849. The Labute approximate surface area is 111 Å². The molecular formula is C14H15N3O2. The second-order valence-electron chi connectivity index (χ2n) is 4.75. The van der Waals surface area contributed by atoms with Crippen LogP contribution < -0.4 is 10.6 Å². The van der Waals surface area contributed by atoms with Crippen molar-refractivity contribution in [1.29, 1.82) is 0 Å². The number of nitrogens with zero attached hydrogens (tertiary/aromatic N) is 2. The van der Waals surface area contributed by atoms with Crippen LogP contribution in [0.3, 0.4) is 0 Å². The van der Waals surface area contributed by atoms with Crippen LogP contribution in [0.4, 0.5) is 11.7 Å². The van der Waals surface area contributed by atoms with Crippen LogP contribution in [0.25, 0.3) is 11.3 Å². The lowest BCUT2D eigenvalue weighted by Crippen LogP contribution is -2.30. The van der Waals surface area contributed by atoms with Crippen LogP contribution in [0.2, 0.25) is 0 Å². The molecule has 0 unspecified atom stereocenters. The van der Waals surface area contributed by atoms with Gasteiger partial charge >= 0.3 is 0 Å². The van der Waals surface area contributed by atoms with Gasteiger partial charge in [-0.25, -0.2) is 0 Å². The standard InChI is InChI=1S/C14H15N3O2/c1-8-13(16-14(15)19-8)10-3-5-11-9(7-10)4-6-12(18)17(11)2/h3,5,7H,4,6H2,1-2H3,(H2,15,16). The molecule has 98 valence electrons. The van der Waals surface area contributed by atoms with Crippen LogP contribution in [0.15, 0.2) is 22.6 Å². The lowest BCUT2D eigenvalue weighted by Gasteiger charge is -2.26. The number of hydrogen-bond acceptors (Lipinski definition) is 4. The average molecular weight is 257 g/mol. The maximum Gasteiger partial charge on any atom is 0.292 e. The van der Waals surface area contributed by atoms with E-state index in [2.05, 4.69) is 11.1 Å². The summed E-state index contributed by atoms with van der Waals surface area (Å²) < 4.78 is 5.25. The van der Waals surface area contributed by atoms with Gasteiger partial charge in [-0.2, -0.15) is 4.98 Å². The fourth-order valence-electron chi connectivity index (χ4n) is 2.49. The molecule has 5 nitrogen and oxygen atoms in total. The molecule has 0 bridgehead atoms. The Morgan fingerprint density at radius 1 is 1.37 bits per heavy atom. The Balaban J connectivity index is 2.07. The molecule has 0 spiro atoms. The lowest BCUT2D eigenvalue weighted by molar-refractivity contribution is -0.118. The van der Waals surface area contributed by atoms with Gasteiger partial charge in [0.15, 0.2) is 0 Å². The van der Waals surface area contributed by atoms with Crippen LogP contribution >= 0.6 is 0 Å². The maximum absolute atomic E-state index is 11.7. The van der Waals surface area contributed by atoms with Gasteiger partial charge in [-0.1, -0.05) is 6.07 Å². The Morgan fingerprint density at radius 2 is 2.16 bits per heavy atom. The Morgan fingerprint density at radius 3 is 2.84 bits per heavy atom. The molecule has 1 amide bonds. The third kappa shape index (κ3) is 1.87. The first-order valence-corrected chi connectivity index (χ1v) is 6.19. The summed E-state index contributed by atoms with van der Waals surface area (Å²) in [6.07, 6.45) is 1.31. The van der Waals surface area contributed by atoms with Crippen molar-refractivity contribution in [2.75, 3.05) is 17.7 Å². The average Bonchev–Trinajstić information content (AvgIpc) is 2.73. The van der Waals surface area contributed by atoms with Crippen LogP contribution in [0, 0.1) is 6.92 Å². The Kier molecular flexibility index (Phi) is 2.55. The molecule has 0 atom stereocenters. The smallest absolute Gasteiger partial charge is 0.292 e. The molecule has 5 heteroatoms. The van der Waals surface area contributed by atoms with Crippen LogP contribution in [0.1, 0.15) is 17.7 Å². The summed E-state index contributed by atoms with van der Waals surface area (Å²) in [5.74, 6) is 0.861. The van der Waals surface area contributed by atoms with Crippen molar-refractivity contribution in [2.24, 2.45) is 0 Å². The van der Waals surface area contributed by atoms with Gasteiger partial charge in [0.2, 0.25) is 5.91 Å². The predicted molar refractivity (Wildman–Crippen MR) is 72.8 cm³/mol. The summed E-state index contributed by atoms with van der Waals surface area (Å²) >= 11 is 0. The van der Waals surface area contributed by atoms with Gasteiger partial charge in [0.1, 0.15) is 11.5 Å². The molecule has 0 saturated heterocycles. The van der Waals surface area contributed by atoms with Crippen molar-refractivity contribution in [2.45, 2.75) is 19.8 Å². The number of amides is 1. The zero-order valence-corrected chi connectivity index (χ0v) is 10.9. The van der Waals surface area contributed by atoms with E-state index in [1.54, 1.807) is 11.9 Å². The molecule has 1 aliphatic rings. The van der Waals surface area contributed by atoms with Gasteiger partial charge in [-0.15, -0.1) is 0 Å². The normalized spacial score (nSPS) is 14.6. The van der Waals surface area contributed by atoms with Gasteiger partial charge in [0.25, 0.3) is 6.01 Å². The molecule has 0 saturated carbocycles. The van der Waals surface area contributed by atoms with E-state index in [4.69, 9.17) is 10.2 Å². The minimum absolute atomic E-state index is 0.155. The molecule has 3 rings (SSSR count). The highest BCUT2D eigenvalue weighted by molar-refractivity contribution is 5.96. The van der Waals surface area contributed by atoms with E-state index in [-0.39, 0.29) is 11.9 Å². The number of carbonyl (C=O) groups excluding carboxylic acids is 1. The van der Waals surface area contributed by atoms with Crippen molar-refractivity contribution in [3.8, 4) is 11.3 Å². The third-order valence-electron chi connectivity index (χ3n) is 3.51. The topological polar surface area (TPSA) is 72.4 Å². The molecule has 2 N–H and O–H groups in total. The summed E-state index contributed by atoms with van der Waals surface area (Å²) in [5, 5.41) is 0. The summed E-state index contributed by atoms with van der Waals surface area (Å²) in [4.78, 5) is 17.5. The number of nitrogen functional groups attached to an aromatic ring is 1. The molecule has 0 aliphatic carbocycles. The van der Waals surface area contributed by atoms with Crippen molar-refractivity contribution >= 4 is 17.6 Å². The molecule has 19 heavy (non-hydrogen) atoms. The maximum atomic E-state index is 11.7. The lowest BCUT2D eigenvalue weighted by atomic mass is 9.98. The number of benzene rings is 1. The number of rotatable bonds is 1. The molecule has 1 aromatic carbocycles. The van der Waals surface area contributed by atoms with Crippen molar-refractivity contribution < 1.29 is 9.21 Å². The number of aryl methyl sites for hydroxylation is 2. The van der Waals surface area contributed by atoms with E-state index >= 15 is 0 Å². The first-order chi connectivity index (χ1) is 9.06. The van der Waals surface area contributed by atoms with E-state index in [9.17, 15) is 4.79 Å². The number of oxazole rings is 1. The van der Waals surface area contributed by atoms with Gasteiger partial charge in [0, 0.05) is 24.7 Å². The molecular weight excluding hydrogens is 242 g/mol. The SMILES string of the molecule is Cc1oc(N)nc1-c1ccc2c(c1)CCC(=O)N2C. The molecule has 2 aromatic rings. The third-order valence-corrected chi connectivity index (χ3v) is 3.51. The van der Waals surface area contributed by atoms with Gasteiger partial charge in [-0.05, 0) is 31.0 Å². The van der Waals surface area contributed by atoms with Crippen LogP contribution in [-0.2, 0) is 11.2 Å². The summed E-state index contributed by atoms with van der Waals surface area (Å²) in [5.41, 5.74) is 9.42. The number of anilines is 2. The van der Waals surface area contributed by atoms with E-state index in [0.717, 1.165) is 28.9 Å². The highest BCUT2D eigenvalue weighted by Crippen LogP contribution is 2.32. The van der Waals surface area contributed by atoms with Crippen LogP contribution in [-0.4, -0.2) is 17.9 Å². The summed E-state index contributed by atoms with van der Waals surface area (Å²) in [6, 6.07) is 6.13. The number of nitrogens with two attached hydrogens (primary N) is 1. The Bertz CT molecular complexity index is 661. The van der Waals surface area contributed by atoms with E-state index in [0.29, 0.717) is 12.2 Å². The van der Waals surface area contributed by atoms with Crippen molar-refractivity contribution in [3.63, 3.8) is 0 Å². The minimum atomic E-state index is 0.155.